The van der Waals surface area contributed by atoms with Crippen LogP contribution in [0.2, 0.25) is 10.0 Å². The van der Waals surface area contributed by atoms with Gasteiger partial charge in [-0.1, -0.05) is 65.7 Å². The number of esters is 1. The molecule has 1 atom stereocenters. The summed E-state index contributed by atoms with van der Waals surface area (Å²) in [4.78, 5) is 27.3. The van der Waals surface area contributed by atoms with E-state index in [1.54, 1.807) is 53.4 Å². The third-order valence-corrected chi connectivity index (χ3v) is 6.43. The van der Waals surface area contributed by atoms with Crippen LogP contribution in [0.3, 0.4) is 0 Å². The highest BCUT2D eigenvalue weighted by molar-refractivity contribution is 6.42. The average molecular weight is 484 g/mol. The number of ether oxygens (including phenoxy) is 2. The number of halogens is 2. The van der Waals surface area contributed by atoms with E-state index < -0.39 is 11.6 Å². The fraction of sp³-hybridized carbons (Fsp3) is 0.231. The van der Waals surface area contributed by atoms with Crippen LogP contribution in [-0.4, -0.2) is 43.1 Å². The summed E-state index contributed by atoms with van der Waals surface area (Å²) in [6.45, 7) is 1.20. The SMILES string of the molecule is O=C(OCCC1(c2ccc(Cl)c(Cl)c2)CN(C(=O)c2ccccc2)CCO1)c1ccccc1. The van der Waals surface area contributed by atoms with Crippen LogP contribution in [0.5, 0.6) is 0 Å². The van der Waals surface area contributed by atoms with Gasteiger partial charge in [-0.25, -0.2) is 4.79 Å². The summed E-state index contributed by atoms with van der Waals surface area (Å²) in [5.41, 5.74) is 0.969. The lowest BCUT2D eigenvalue weighted by atomic mass is 9.88. The van der Waals surface area contributed by atoms with Gasteiger partial charge in [0.2, 0.25) is 0 Å². The van der Waals surface area contributed by atoms with E-state index in [9.17, 15) is 9.59 Å². The van der Waals surface area contributed by atoms with Crippen LogP contribution >= 0.6 is 23.2 Å². The van der Waals surface area contributed by atoms with E-state index >= 15 is 0 Å². The molecule has 0 aliphatic carbocycles. The summed E-state index contributed by atoms with van der Waals surface area (Å²) in [5, 5.41) is 0.823. The maximum Gasteiger partial charge on any atom is 0.338 e. The summed E-state index contributed by atoms with van der Waals surface area (Å²) >= 11 is 12.4. The quantitative estimate of drug-likeness (QED) is 0.427. The molecular formula is C26H23Cl2NO4. The van der Waals surface area contributed by atoms with Crippen LogP contribution < -0.4 is 0 Å². The third kappa shape index (κ3) is 5.38. The smallest absolute Gasteiger partial charge is 0.338 e. The molecule has 170 valence electrons. The predicted molar refractivity (Wildman–Crippen MR) is 128 cm³/mol. The maximum atomic E-state index is 13.1. The highest BCUT2D eigenvalue weighted by Gasteiger charge is 2.40. The van der Waals surface area contributed by atoms with Gasteiger partial charge in [0.05, 0.1) is 35.4 Å². The average Bonchev–Trinajstić information content (AvgIpc) is 2.86. The van der Waals surface area contributed by atoms with Gasteiger partial charge in [-0.05, 0) is 42.0 Å². The Hall–Kier alpha value is -2.86. The first-order chi connectivity index (χ1) is 16.0. The monoisotopic (exact) mass is 483 g/mol. The van der Waals surface area contributed by atoms with Crippen LogP contribution in [0.4, 0.5) is 0 Å². The first kappa shape index (κ1) is 23.3. The molecule has 0 radical (unpaired) electrons. The zero-order valence-corrected chi connectivity index (χ0v) is 19.4. The molecule has 33 heavy (non-hydrogen) atoms. The molecule has 7 heteroatoms. The summed E-state index contributed by atoms with van der Waals surface area (Å²) in [5.74, 6) is -0.488. The highest BCUT2D eigenvalue weighted by Crippen LogP contribution is 2.37. The van der Waals surface area contributed by atoms with E-state index in [4.69, 9.17) is 32.7 Å². The van der Waals surface area contributed by atoms with Crippen molar-refractivity contribution in [3.8, 4) is 0 Å². The second kappa shape index (κ2) is 10.4. The van der Waals surface area contributed by atoms with Gasteiger partial charge in [-0.3, -0.25) is 4.79 Å². The van der Waals surface area contributed by atoms with Gasteiger partial charge in [0.1, 0.15) is 5.60 Å². The molecule has 1 heterocycles. The van der Waals surface area contributed by atoms with Crippen molar-refractivity contribution in [3.63, 3.8) is 0 Å². The van der Waals surface area contributed by atoms with Crippen molar-refractivity contribution in [2.75, 3.05) is 26.3 Å². The van der Waals surface area contributed by atoms with E-state index in [0.717, 1.165) is 5.56 Å². The van der Waals surface area contributed by atoms with Gasteiger partial charge in [-0.2, -0.15) is 0 Å². The van der Waals surface area contributed by atoms with E-state index in [1.807, 2.05) is 30.3 Å². The van der Waals surface area contributed by atoms with Gasteiger partial charge < -0.3 is 14.4 Å². The number of benzene rings is 3. The molecule has 1 saturated heterocycles. The third-order valence-electron chi connectivity index (χ3n) is 5.69. The maximum absolute atomic E-state index is 13.1. The summed E-state index contributed by atoms with van der Waals surface area (Å²) < 4.78 is 11.8. The minimum Gasteiger partial charge on any atom is -0.462 e. The van der Waals surface area contributed by atoms with E-state index in [1.165, 1.54) is 0 Å². The van der Waals surface area contributed by atoms with Crippen LogP contribution in [0.1, 0.15) is 32.7 Å². The Morgan fingerprint density at radius 2 is 1.58 bits per heavy atom. The van der Waals surface area contributed by atoms with Crippen LogP contribution in [0, 0.1) is 0 Å². The topological polar surface area (TPSA) is 55.8 Å². The highest BCUT2D eigenvalue weighted by atomic mass is 35.5. The van der Waals surface area contributed by atoms with E-state index in [2.05, 4.69) is 0 Å². The number of hydrogen-bond donors (Lipinski definition) is 0. The van der Waals surface area contributed by atoms with Gasteiger partial charge >= 0.3 is 5.97 Å². The standard InChI is InChI=1S/C26H23Cl2NO4/c27-22-12-11-21(17-23(22)28)26(13-15-32-25(31)20-9-5-2-6-10-20)18-29(14-16-33-26)24(30)19-7-3-1-4-8-19/h1-12,17H,13-16,18H2. The fourth-order valence-corrected chi connectivity index (χ4v) is 4.23. The van der Waals surface area contributed by atoms with E-state index in [-0.39, 0.29) is 12.5 Å². The number of carbonyl (C=O) groups excluding carboxylic acids is 2. The van der Waals surface area contributed by atoms with Crippen molar-refractivity contribution in [2.24, 2.45) is 0 Å². The normalized spacial score (nSPS) is 18.1. The number of nitrogens with zero attached hydrogens (tertiary/aromatic N) is 1. The molecule has 0 aromatic heterocycles. The van der Waals surface area contributed by atoms with Crippen LogP contribution in [0.25, 0.3) is 0 Å². The molecule has 1 fully saturated rings. The molecule has 1 unspecified atom stereocenters. The molecule has 0 spiro atoms. The number of amides is 1. The van der Waals surface area contributed by atoms with Crippen molar-refractivity contribution in [3.05, 3.63) is 106 Å². The van der Waals surface area contributed by atoms with Crippen LogP contribution in [0.15, 0.2) is 78.9 Å². The molecule has 5 nitrogen and oxygen atoms in total. The summed E-state index contributed by atoms with van der Waals surface area (Å²) in [6, 6.07) is 23.2. The van der Waals surface area contributed by atoms with Gasteiger partial charge in [0.25, 0.3) is 5.91 Å². The molecule has 3 aromatic carbocycles. The Labute approximate surface area is 202 Å². The van der Waals surface area contributed by atoms with Crippen molar-refractivity contribution in [2.45, 2.75) is 12.0 Å². The second-order valence-corrected chi connectivity index (χ2v) is 8.63. The Balaban J connectivity index is 1.57. The molecule has 3 aromatic rings. The lowest BCUT2D eigenvalue weighted by Crippen LogP contribution is -2.52. The summed E-state index contributed by atoms with van der Waals surface area (Å²) in [6.07, 6.45) is 0.349. The number of hydrogen-bond acceptors (Lipinski definition) is 4. The van der Waals surface area contributed by atoms with Crippen molar-refractivity contribution < 1.29 is 19.1 Å². The Morgan fingerprint density at radius 1 is 0.909 bits per heavy atom. The molecular weight excluding hydrogens is 461 g/mol. The number of morpholine rings is 1. The minimum absolute atomic E-state index is 0.0791. The molecule has 0 bridgehead atoms. The molecule has 0 N–H and O–H groups in total. The first-order valence-corrected chi connectivity index (χ1v) is 11.4. The molecule has 1 aliphatic heterocycles. The molecule has 1 amide bonds. The van der Waals surface area contributed by atoms with Crippen molar-refractivity contribution in [1.82, 2.24) is 4.90 Å². The molecule has 4 rings (SSSR count). The zero-order valence-electron chi connectivity index (χ0n) is 17.9. The second-order valence-electron chi connectivity index (χ2n) is 7.82. The Morgan fingerprint density at radius 3 is 2.24 bits per heavy atom. The van der Waals surface area contributed by atoms with Crippen molar-refractivity contribution >= 4 is 35.1 Å². The Bertz CT molecular complexity index is 1120. The largest absolute Gasteiger partial charge is 0.462 e. The van der Waals surface area contributed by atoms with E-state index in [0.29, 0.717) is 47.3 Å². The number of carbonyl (C=O) groups is 2. The van der Waals surface area contributed by atoms with Crippen LogP contribution in [-0.2, 0) is 15.1 Å². The fourth-order valence-electron chi connectivity index (χ4n) is 3.94. The molecule has 0 saturated carbocycles. The predicted octanol–water partition coefficient (Wildman–Crippen LogP) is 5.61. The van der Waals surface area contributed by atoms with Gasteiger partial charge in [0.15, 0.2) is 0 Å². The first-order valence-electron chi connectivity index (χ1n) is 10.6. The summed E-state index contributed by atoms with van der Waals surface area (Å²) in [7, 11) is 0. The Kier molecular flexibility index (Phi) is 7.33. The lowest BCUT2D eigenvalue weighted by molar-refractivity contribution is -0.116. The van der Waals surface area contributed by atoms with Crippen molar-refractivity contribution in [1.29, 1.82) is 0 Å². The molecule has 1 aliphatic rings. The lowest BCUT2D eigenvalue weighted by Gasteiger charge is -2.43. The van der Waals surface area contributed by atoms with Gasteiger partial charge in [0, 0.05) is 18.5 Å². The van der Waals surface area contributed by atoms with Gasteiger partial charge in [-0.15, -0.1) is 0 Å². The zero-order chi connectivity index (χ0) is 23.3. The minimum atomic E-state index is -0.895. The number of rotatable bonds is 6.